The topological polar surface area (TPSA) is 66.8 Å². The standard InChI is InChI=1S/C12H16N2O3S2/c1-10-6-7-12(18-10)19(16,17)14-8-4-2-3-5-11(14)13-9-15/h6-7,11H,2-5,8H2,1H3. The van der Waals surface area contributed by atoms with E-state index in [4.69, 9.17) is 0 Å². The molecule has 7 heteroatoms. The van der Waals surface area contributed by atoms with Crippen molar-refractivity contribution in [3.8, 4) is 0 Å². The van der Waals surface area contributed by atoms with Gasteiger partial charge in [0, 0.05) is 11.4 Å². The third kappa shape index (κ3) is 3.12. The van der Waals surface area contributed by atoms with E-state index >= 15 is 0 Å². The molecule has 1 fully saturated rings. The van der Waals surface area contributed by atoms with Crippen molar-refractivity contribution in [1.82, 2.24) is 4.31 Å². The second-order valence-electron chi connectivity index (χ2n) is 4.53. The first-order chi connectivity index (χ1) is 9.05. The summed E-state index contributed by atoms with van der Waals surface area (Å²) in [6, 6.07) is 3.40. The molecule has 0 spiro atoms. The lowest BCUT2D eigenvalue weighted by Crippen LogP contribution is -2.38. The molecule has 0 aromatic carbocycles. The predicted molar refractivity (Wildman–Crippen MR) is 73.3 cm³/mol. The molecular formula is C12H16N2O3S2. The number of hydrogen-bond donors (Lipinski definition) is 0. The van der Waals surface area contributed by atoms with Gasteiger partial charge in [0.2, 0.25) is 6.08 Å². The van der Waals surface area contributed by atoms with Crippen LogP contribution in [-0.2, 0) is 14.8 Å². The summed E-state index contributed by atoms with van der Waals surface area (Å²) in [4.78, 5) is 15.1. The lowest BCUT2D eigenvalue weighted by Gasteiger charge is -2.24. The zero-order chi connectivity index (χ0) is 13.9. The first kappa shape index (κ1) is 14.4. The zero-order valence-electron chi connectivity index (χ0n) is 10.7. The smallest absolute Gasteiger partial charge is 0.211 e. The van der Waals surface area contributed by atoms with Gasteiger partial charge in [0.15, 0.2) is 0 Å². The molecule has 0 bridgehead atoms. The van der Waals surface area contributed by atoms with Gasteiger partial charge in [-0.1, -0.05) is 6.42 Å². The summed E-state index contributed by atoms with van der Waals surface area (Å²) < 4.78 is 26.8. The van der Waals surface area contributed by atoms with E-state index in [1.165, 1.54) is 21.7 Å². The minimum atomic E-state index is -3.56. The molecule has 2 heterocycles. The van der Waals surface area contributed by atoms with E-state index in [0.29, 0.717) is 17.2 Å². The molecule has 2 rings (SSSR count). The Kier molecular flexibility index (Phi) is 4.52. The van der Waals surface area contributed by atoms with E-state index in [9.17, 15) is 13.2 Å². The number of nitrogens with zero attached hydrogens (tertiary/aromatic N) is 2. The van der Waals surface area contributed by atoms with E-state index in [-0.39, 0.29) is 0 Å². The van der Waals surface area contributed by atoms with Crippen molar-refractivity contribution < 1.29 is 13.2 Å². The van der Waals surface area contributed by atoms with Gasteiger partial charge in [0.05, 0.1) is 0 Å². The van der Waals surface area contributed by atoms with E-state index in [1.54, 1.807) is 12.1 Å². The Labute approximate surface area is 117 Å². The summed E-state index contributed by atoms with van der Waals surface area (Å²) in [5.41, 5.74) is 0. The number of hydrogen-bond acceptors (Lipinski definition) is 5. The molecule has 0 amide bonds. The highest BCUT2D eigenvalue weighted by Crippen LogP contribution is 2.29. The highest BCUT2D eigenvalue weighted by molar-refractivity contribution is 7.91. The quantitative estimate of drug-likeness (QED) is 0.635. The number of isocyanates is 1. The maximum atomic E-state index is 12.6. The molecule has 1 aliphatic heterocycles. The highest BCUT2D eigenvalue weighted by atomic mass is 32.2. The average Bonchev–Trinajstić information content (AvgIpc) is 2.67. The van der Waals surface area contributed by atoms with Crippen molar-refractivity contribution in [1.29, 1.82) is 0 Å². The van der Waals surface area contributed by atoms with Crippen LogP contribution >= 0.6 is 11.3 Å². The molecule has 5 nitrogen and oxygen atoms in total. The molecule has 1 atom stereocenters. The maximum Gasteiger partial charge on any atom is 0.254 e. The average molecular weight is 300 g/mol. The van der Waals surface area contributed by atoms with Crippen LogP contribution in [0.2, 0.25) is 0 Å². The molecule has 19 heavy (non-hydrogen) atoms. The SMILES string of the molecule is Cc1ccc(S(=O)(=O)N2CCCCCC2N=C=O)s1. The summed E-state index contributed by atoms with van der Waals surface area (Å²) in [7, 11) is -3.56. The van der Waals surface area contributed by atoms with Gasteiger partial charge in [0.1, 0.15) is 10.4 Å². The second-order valence-corrected chi connectivity index (χ2v) is 7.94. The summed E-state index contributed by atoms with van der Waals surface area (Å²) >= 11 is 1.25. The van der Waals surface area contributed by atoms with Gasteiger partial charge in [-0.25, -0.2) is 13.2 Å². The molecule has 0 N–H and O–H groups in total. The van der Waals surface area contributed by atoms with E-state index in [1.807, 2.05) is 6.92 Å². The monoisotopic (exact) mass is 300 g/mol. The van der Waals surface area contributed by atoms with Crippen molar-refractivity contribution in [2.45, 2.75) is 43.0 Å². The van der Waals surface area contributed by atoms with Gasteiger partial charge in [-0.05, 0) is 38.3 Å². The number of carbonyl (C=O) groups excluding carboxylic acids is 1. The molecule has 0 radical (unpaired) electrons. The number of aryl methyl sites for hydroxylation is 1. The molecule has 1 aromatic heterocycles. The van der Waals surface area contributed by atoms with E-state index in [0.717, 1.165) is 24.1 Å². The van der Waals surface area contributed by atoms with Gasteiger partial charge < -0.3 is 0 Å². The molecule has 1 aliphatic rings. The van der Waals surface area contributed by atoms with Crippen LogP contribution in [0, 0.1) is 6.92 Å². The molecule has 1 unspecified atom stereocenters. The molecule has 1 aromatic rings. The molecular weight excluding hydrogens is 284 g/mol. The maximum absolute atomic E-state index is 12.6. The Morgan fingerprint density at radius 2 is 2.16 bits per heavy atom. The van der Waals surface area contributed by atoms with Crippen LogP contribution in [0.25, 0.3) is 0 Å². The van der Waals surface area contributed by atoms with Gasteiger partial charge in [-0.3, -0.25) is 0 Å². The van der Waals surface area contributed by atoms with Crippen LogP contribution in [0.15, 0.2) is 21.3 Å². The van der Waals surface area contributed by atoms with Crippen molar-refractivity contribution in [2.75, 3.05) is 6.54 Å². The van der Waals surface area contributed by atoms with Crippen LogP contribution in [-0.4, -0.2) is 31.5 Å². The normalized spacial score (nSPS) is 21.6. The van der Waals surface area contributed by atoms with E-state index < -0.39 is 16.2 Å². The zero-order valence-corrected chi connectivity index (χ0v) is 12.3. The van der Waals surface area contributed by atoms with Crippen molar-refractivity contribution in [2.24, 2.45) is 4.99 Å². The van der Waals surface area contributed by atoms with Crippen molar-refractivity contribution in [3.05, 3.63) is 17.0 Å². The fraction of sp³-hybridized carbons (Fsp3) is 0.583. The van der Waals surface area contributed by atoms with Gasteiger partial charge in [-0.15, -0.1) is 11.3 Å². The van der Waals surface area contributed by atoms with Crippen LogP contribution in [0.5, 0.6) is 0 Å². The highest BCUT2D eigenvalue weighted by Gasteiger charge is 2.33. The minimum absolute atomic E-state index is 0.318. The van der Waals surface area contributed by atoms with Crippen LogP contribution in [0.3, 0.4) is 0 Å². The van der Waals surface area contributed by atoms with Gasteiger partial charge >= 0.3 is 0 Å². The molecule has 0 aliphatic carbocycles. The molecule has 104 valence electrons. The third-order valence-corrected chi connectivity index (χ3v) is 6.52. The number of rotatable bonds is 3. The number of thiophene rings is 1. The minimum Gasteiger partial charge on any atom is -0.211 e. The predicted octanol–water partition coefficient (Wildman–Crippen LogP) is 2.28. The van der Waals surface area contributed by atoms with Crippen LogP contribution in [0.1, 0.15) is 30.6 Å². The summed E-state index contributed by atoms with van der Waals surface area (Å²) in [6.45, 7) is 2.28. The summed E-state index contributed by atoms with van der Waals surface area (Å²) in [5, 5.41) is 0. The van der Waals surface area contributed by atoms with Crippen LogP contribution in [0.4, 0.5) is 0 Å². The fourth-order valence-electron chi connectivity index (χ4n) is 2.20. The summed E-state index contributed by atoms with van der Waals surface area (Å²) in [5.74, 6) is 0. The van der Waals surface area contributed by atoms with E-state index in [2.05, 4.69) is 4.99 Å². The largest absolute Gasteiger partial charge is 0.254 e. The van der Waals surface area contributed by atoms with Gasteiger partial charge in [-0.2, -0.15) is 9.30 Å². The summed E-state index contributed by atoms with van der Waals surface area (Å²) in [6.07, 6.45) is 4.11. The first-order valence-electron chi connectivity index (χ1n) is 6.21. The lowest BCUT2D eigenvalue weighted by molar-refractivity contribution is 0.331. The lowest BCUT2D eigenvalue weighted by atomic mass is 10.2. The Morgan fingerprint density at radius 1 is 1.37 bits per heavy atom. The van der Waals surface area contributed by atoms with Crippen LogP contribution < -0.4 is 0 Å². The Morgan fingerprint density at radius 3 is 2.79 bits per heavy atom. The molecule has 0 saturated carbocycles. The number of sulfonamides is 1. The van der Waals surface area contributed by atoms with Crippen molar-refractivity contribution in [3.63, 3.8) is 0 Å². The Bertz CT molecular complexity index is 588. The van der Waals surface area contributed by atoms with Gasteiger partial charge in [0.25, 0.3) is 10.0 Å². The first-order valence-corrected chi connectivity index (χ1v) is 8.46. The Balaban J connectivity index is 2.37. The number of aliphatic imine (C=N–C) groups is 1. The van der Waals surface area contributed by atoms with Crippen molar-refractivity contribution >= 4 is 27.4 Å². The fourth-order valence-corrected chi connectivity index (χ4v) is 5.21. The second kappa shape index (κ2) is 5.96. The molecule has 1 saturated heterocycles. The third-order valence-electron chi connectivity index (χ3n) is 3.15. The Hall–Kier alpha value is -1.01.